The van der Waals surface area contributed by atoms with E-state index in [0.29, 0.717) is 24.9 Å². The van der Waals surface area contributed by atoms with Crippen molar-refractivity contribution in [1.82, 2.24) is 10.6 Å². The summed E-state index contributed by atoms with van der Waals surface area (Å²) in [6.07, 6.45) is 2.34. The largest absolute Gasteiger partial charge is 0.491 e. The minimum atomic E-state index is -0.0218. The molecule has 0 aliphatic heterocycles. The number of aliphatic hydroxyl groups is 1. The summed E-state index contributed by atoms with van der Waals surface area (Å²) in [6.45, 7) is 1.04. The SMILES string of the molecule is Cl.O=C(CNC1CC1)NCc1ccccc1OCCO. The Kier molecular flexibility index (Phi) is 7.36. The van der Waals surface area contributed by atoms with Gasteiger partial charge in [-0.15, -0.1) is 12.4 Å². The van der Waals surface area contributed by atoms with Crippen LogP contribution in [0.4, 0.5) is 0 Å². The van der Waals surface area contributed by atoms with E-state index in [4.69, 9.17) is 9.84 Å². The lowest BCUT2D eigenvalue weighted by Gasteiger charge is -2.11. The van der Waals surface area contributed by atoms with Gasteiger partial charge in [-0.05, 0) is 18.9 Å². The molecule has 1 amide bonds. The first-order valence-corrected chi connectivity index (χ1v) is 6.61. The molecule has 1 aromatic rings. The Bertz CT molecular complexity index is 425. The maximum Gasteiger partial charge on any atom is 0.234 e. The van der Waals surface area contributed by atoms with E-state index >= 15 is 0 Å². The Morgan fingerprint density at radius 2 is 2.10 bits per heavy atom. The summed E-state index contributed by atoms with van der Waals surface area (Å²) in [4.78, 5) is 11.6. The maximum absolute atomic E-state index is 11.6. The standard InChI is InChI=1S/C14H20N2O3.ClH/c17-7-8-19-13-4-2-1-3-11(13)9-16-14(18)10-15-12-5-6-12;/h1-4,12,15,17H,5-10H2,(H,16,18);1H. The number of carbonyl (C=O) groups excluding carboxylic acids is 1. The topological polar surface area (TPSA) is 70.6 Å². The molecule has 1 aliphatic carbocycles. The van der Waals surface area contributed by atoms with E-state index in [9.17, 15) is 4.79 Å². The van der Waals surface area contributed by atoms with Gasteiger partial charge < -0.3 is 20.5 Å². The molecule has 0 bridgehead atoms. The molecule has 0 radical (unpaired) electrons. The molecule has 1 aliphatic rings. The van der Waals surface area contributed by atoms with Crippen molar-refractivity contribution in [1.29, 1.82) is 0 Å². The average molecular weight is 301 g/mol. The number of rotatable bonds is 8. The van der Waals surface area contributed by atoms with Gasteiger partial charge in [0.15, 0.2) is 0 Å². The molecule has 1 aromatic carbocycles. The van der Waals surface area contributed by atoms with Gasteiger partial charge in [0.2, 0.25) is 5.91 Å². The van der Waals surface area contributed by atoms with Crippen LogP contribution in [0.25, 0.3) is 0 Å². The normalized spacial score (nSPS) is 13.4. The first-order valence-electron chi connectivity index (χ1n) is 6.61. The van der Waals surface area contributed by atoms with Gasteiger partial charge in [-0.25, -0.2) is 0 Å². The molecule has 0 spiro atoms. The Hall–Kier alpha value is -1.30. The fourth-order valence-corrected chi connectivity index (χ4v) is 1.73. The fraction of sp³-hybridized carbons (Fsp3) is 0.500. The molecule has 2 rings (SSSR count). The number of halogens is 1. The lowest BCUT2D eigenvalue weighted by Crippen LogP contribution is -2.34. The van der Waals surface area contributed by atoms with Gasteiger partial charge in [0, 0.05) is 18.2 Å². The van der Waals surface area contributed by atoms with Crippen LogP contribution in [0.2, 0.25) is 0 Å². The van der Waals surface area contributed by atoms with Crippen LogP contribution in [-0.4, -0.2) is 36.8 Å². The predicted octanol–water partition coefficient (Wildman–Crippen LogP) is 0.848. The quantitative estimate of drug-likeness (QED) is 0.666. The van der Waals surface area contributed by atoms with Crippen LogP contribution in [0.5, 0.6) is 5.75 Å². The van der Waals surface area contributed by atoms with Crippen LogP contribution in [0.3, 0.4) is 0 Å². The second-order valence-corrected chi connectivity index (χ2v) is 4.61. The minimum absolute atomic E-state index is 0. The van der Waals surface area contributed by atoms with Crippen molar-refractivity contribution >= 4 is 18.3 Å². The second kappa shape index (κ2) is 8.79. The number of hydrogen-bond acceptors (Lipinski definition) is 4. The number of nitrogens with one attached hydrogen (secondary N) is 2. The molecule has 0 heterocycles. The van der Waals surface area contributed by atoms with Crippen molar-refractivity contribution < 1.29 is 14.6 Å². The third-order valence-corrected chi connectivity index (χ3v) is 2.93. The number of ether oxygens (including phenoxy) is 1. The van der Waals surface area contributed by atoms with Crippen molar-refractivity contribution in [2.75, 3.05) is 19.8 Å². The van der Waals surface area contributed by atoms with Crippen LogP contribution < -0.4 is 15.4 Å². The van der Waals surface area contributed by atoms with Crippen LogP contribution in [0.15, 0.2) is 24.3 Å². The van der Waals surface area contributed by atoms with Gasteiger partial charge in [-0.3, -0.25) is 4.79 Å². The van der Waals surface area contributed by atoms with E-state index in [1.54, 1.807) is 0 Å². The van der Waals surface area contributed by atoms with E-state index < -0.39 is 0 Å². The molecular weight excluding hydrogens is 280 g/mol. The van der Waals surface area contributed by atoms with E-state index in [-0.39, 0.29) is 31.5 Å². The summed E-state index contributed by atoms with van der Waals surface area (Å²) >= 11 is 0. The monoisotopic (exact) mass is 300 g/mol. The summed E-state index contributed by atoms with van der Waals surface area (Å²) in [6, 6.07) is 8.04. The minimum Gasteiger partial charge on any atom is -0.491 e. The summed E-state index contributed by atoms with van der Waals surface area (Å²) in [5, 5.41) is 14.8. The van der Waals surface area contributed by atoms with E-state index in [1.165, 1.54) is 12.8 Å². The number of hydrogen-bond donors (Lipinski definition) is 3. The first kappa shape index (κ1) is 16.8. The molecule has 1 fully saturated rings. The number of amides is 1. The predicted molar refractivity (Wildman–Crippen MR) is 79.1 cm³/mol. The third kappa shape index (κ3) is 5.77. The fourth-order valence-electron chi connectivity index (χ4n) is 1.73. The first-order chi connectivity index (χ1) is 9.29. The molecule has 0 unspecified atom stereocenters. The van der Waals surface area contributed by atoms with Gasteiger partial charge in [-0.1, -0.05) is 18.2 Å². The number of para-hydroxylation sites is 1. The zero-order chi connectivity index (χ0) is 13.5. The molecule has 6 heteroatoms. The van der Waals surface area contributed by atoms with Gasteiger partial charge in [0.25, 0.3) is 0 Å². The summed E-state index contributed by atoms with van der Waals surface area (Å²) < 4.78 is 5.41. The Labute approximate surface area is 125 Å². The number of benzene rings is 1. The lowest BCUT2D eigenvalue weighted by molar-refractivity contribution is -0.120. The van der Waals surface area contributed by atoms with Crippen LogP contribution in [0, 0.1) is 0 Å². The molecule has 0 aromatic heterocycles. The highest BCUT2D eigenvalue weighted by atomic mass is 35.5. The summed E-state index contributed by atoms with van der Waals surface area (Å²) in [5.74, 6) is 0.691. The van der Waals surface area contributed by atoms with Crippen LogP contribution in [-0.2, 0) is 11.3 Å². The smallest absolute Gasteiger partial charge is 0.234 e. The number of aliphatic hydroxyl groups excluding tert-OH is 1. The van der Waals surface area contributed by atoms with Gasteiger partial charge >= 0.3 is 0 Å². The molecule has 20 heavy (non-hydrogen) atoms. The average Bonchev–Trinajstić information content (AvgIpc) is 3.25. The summed E-state index contributed by atoms with van der Waals surface area (Å²) in [5.41, 5.74) is 0.913. The molecule has 5 nitrogen and oxygen atoms in total. The molecule has 3 N–H and O–H groups in total. The van der Waals surface area contributed by atoms with E-state index in [1.807, 2.05) is 24.3 Å². The Balaban J connectivity index is 0.00000200. The molecule has 112 valence electrons. The third-order valence-electron chi connectivity index (χ3n) is 2.93. The van der Waals surface area contributed by atoms with Gasteiger partial charge in [0.1, 0.15) is 12.4 Å². The van der Waals surface area contributed by atoms with Crippen LogP contribution in [0.1, 0.15) is 18.4 Å². The Morgan fingerprint density at radius 3 is 2.80 bits per heavy atom. The molecule has 0 atom stereocenters. The van der Waals surface area contributed by atoms with E-state index in [2.05, 4.69) is 10.6 Å². The van der Waals surface area contributed by atoms with E-state index in [0.717, 1.165) is 5.56 Å². The van der Waals surface area contributed by atoms with Gasteiger partial charge in [0.05, 0.1) is 13.2 Å². The van der Waals surface area contributed by atoms with Crippen molar-refractivity contribution in [2.45, 2.75) is 25.4 Å². The highest BCUT2D eigenvalue weighted by Crippen LogP contribution is 2.18. The van der Waals surface area contributed by atoms with Gasteiger partial charge in [-0.2, -0.15) is 0 Å². The van der Waals surface area contributed by atoms with Crippen molar-refractivity contribution in [2.24, 2.45) is 0 Å². The zero-order valence-corrected chi connectivity index (χ0v) is 12.1. The summed E-state index contributed by atoms with van der Waals surface area (Å²) in [7, 11) is 0. The Morgan fingerprint density at radius 1 is 1.35 bits per heavy atom. The van der Waals surface area contributed by atoms with Crippen LogP contribution >= 0.6 is 12.4 Å². The van der Waals surface area contributed by atoms with Crippen molar-refractivity contribution in [3.05, 3.63) is 29.8 Å². The van der Waals surface area contributed by atoms with Crippen molar-refractivity contribution in [3.8, 4) is 5.75 Å². The molecular formula is C14H21ClN2O3. The number of carbonyl (C=O) groups is 1. The molecule has 1 saturated carbocycles. The molecule has 0 saturated heterocycles. The maximum atomic E-state index is 11.6. The van der Waals surface area contributed by atoms with Crippen molar-refractivity contribution in [3.63, 3.8) is 0 Å². The highest BCUT2D eigenvalue weighted by Gasteiger charge is 2.21. The second-order valence-electron chi connectivity index (χ2n) is 4.61. The highest BCUT2D eigenvalue weighted by molar-refractivity contribution is 5.85. The zero-order valence-electron chi connectivity index (χ0n) is 11.3. The lowest BCUT2D eigenvalue weighted by atomic mass is 10.2.